The van der Waals surface area contributed by atoms with Gasteiger partial charge < -0.3 is 14.0 Å². The Bertz CT molecular complexity index is 1110. The number of aromatic nitrogens is 2. The molecule has 0 unspecified atom stereocenters. The van der Waals surface area contributed by atoms with Crippen molar-refractivity contribution < 1.29 is 19.1 Å². The number of fused-ring (bicyclic) bond motifs is 3. The number of amides is 1. The lowest BCUT2D eigenvalue weighted by atomic mass is 9.87. The molecular weight excluding hydrogens is 394 g/mol. The van der Waals surface area contributed by atoms with Crippen LogP contribution in [0, 0.1) is 12.8 Å². The second-order valence-electron chi connectivity index (χ2n) is 7.64. The van der Waals surface area contributed by atoms with Crippen LogP contribution in [0.15, 0.2) is 48.5 Å². The number of benzene rings is 2. The maximum atomic E-state index is 13.7. The molecule has 0 N–H and O–H groups in total. The number of carbonyl (C=O) groups excluding carboxylic acids is 2. The summed E-state index contributed by atoms with van der Waals surface area (Å²) in [6, 6.07) is 15.1. The van der Waals surface area contributed by atoms with Gasteiger partial charge in [0.25, 0.3) is 0 Å². The van der Waals surface area contributed by atoms with Crippen molar-refractivity contribution in [3.63, 3.8) is 0 Å². The Morgan fingerprint density at radius 2 is 1.87 bits per heavy atom. The third-order valence-electron chi connectivity index (χ3n) is 5.72. The van der Waals surface area contributed by atoms with Gasteiger partial charge in [-0.1, -0.05) is 36.4 Å². The quantitative estimate of drug-likeness (QED) is 0.332. The van der Waals surface area contributed by atoms with Gasteiger partial charge in [-0.3, -0.25) is 14.5 Å². The van der Waals surface area contributed by atoms with Crippen LogP contribution >= 0.6 is 0 Å². The first kappa shape index (κ1) is 21.1. The highest BCUT2D eigenvalue weighted by molar-refractivity contribution is 6.08. The minimum Gasteiger partial charge on any atom is -0.465 e. The van der Waals surface area contributed by atoms with E-state index in [1.807, 2.05) is 60.0 Å². The number of esters is 1. The van der Waals surface area contributed by atoms with E-state index < -0.39 is 17.9 Å². The summed E-state index contributed by atoms with van der Waals surface area (Å²) in [5.74, 6) is -1.24. The van der Waals surface area contributed by atoms with E-state index in [4.69, 9.17) is 14.5 Å². The standard InChI is InChI=1S/C24H27N3O4/c1-4-31-23(29)20-21(17-11-6-5-10-16(17)2)27-19-13-8-7-12-18(19)25-24(27)26(22(20)28)14-9-15-30-3/h5-8,10-13,20-21H,4,9,14-15H2,1-3H3/t20-,21-/m1/s1. The topological polar surface area (TPSA) is 73.7 Å². The smallest absolute Gasteiger partial charge is 0.321 e. The molecule has 31 heavy (non-hydrogen) atoms. The van der Waals surface area contributed by atoms with Gasteiger partial charge in [0.1, 0.15) is 0 Å². The minimum absolute atomic E-state index is 0.213. The number of carbonyl (C=O) groups is 2. The molecule has 2 atom stereocenters. The molecule has 162 valence electrons. The number of hydrogen-bond donors (Lipinski definition) is 0. The van der Waals surface area contributed by atoms with E-state index >= 15 is 0 Å². The number of para-hydroxylation sites is 2. The summed E-state index contributed by atoms with van der Waals surface area (Å²) < 4.78 is 12.6. The summed E-state index contributed by atoms with van der Waals surface area (Å²) in [5.41, 5.74) is 3.58. The summed E-state index contributed by atoms with van der Waals surface area (Å²) in [5, 5.41) is 0. The van der Waals surface area contributed by atoms with Crippen LogP contribution < -0.4 is 4.90 Å². The van der Waals surface area contributed by atoms with Crippen LogP contribution in [0.1, 0.15) is 30.5 Å². The highest BCUT2D eigenvalue weighted by atomic mass is 16.5. The van der Waals surface area contributed by atoms with Gasteiger partial charge in [-0.15, -0.1) is 0 Å². The molecule has 1 aliphatic rings. The molecule has 1 aliphatic heterocycles. The van der Waals surface area contributed by atoms with Crippen molar-refractivity contribution in [3.8, 4) is 0 Å². The lowest BCUT2D eigenvalue weighted by Crippen LogP contribution is -2.50. The van der Waals surface area contributed by atoms with E-state index in [0.29, 0.717) is 25.5 Å². The lowest BCUT2D eigenvalue weighted by Gasteiger charge is -2.38. The molecule has 0 radical (unpaired) electrons. The van der Waals surface area contributed by atoms with Gasteiger partial charge >= 0.3 is 5.97 Å². The maximum absolute atomic E-state index is 13.7. The van der Waals surface area contributed by atoms with Crippen molar-refractivity contribution in [2.75, 3.05) is 31.8 Å². The first-order valence-electron chi connectivity index (χ1n) is 10.6. The molecule has 0 bridgehead atoms. The average Bonchev–Trinajstić information content (AvgIpc) is 3.14. The van der Waals surface area contributed by atoms with E-state index in [-0.39, 0.29) is 12.5 Å². The molecule has 7 nitrogen and oxygen atoms in total. The van der Waals surface area contributed by atoms with E-state index in [1.54, 1.807) is 18.9 Å². The molecular formula is C24H27N3O4. The fourth-order valence-electron chi connectivity index (χ4n) is 4.32. The monoisotopic (exact) mass is 421 g/mol. The molecule has 4 rings (SSSR count). The predicted molar refractivity (Wildman–Crippen MR) is 118 cm³/mol. The summed E-state index contributed by atoms with van der Waals surface area (Å²) in [7, 11) is 1.63. The fourth-order valence-corrected chi connectivity index (χ4v) is 4.32. The van der Waals surface area contributed by atoms with Crippen LogP contribution in [0.3, 0.4) is 0 Å². The third kappa shape index (κ3) is 3.70. The van der Waals surface area contributed by atoms with Gasteiger partial charge in [-0.25, -0.2) is 4.98 Å². The summed E-state index contributed by atoms with van der Waals surface area (Å²) in [4.78, 5) is 33.2. The zero-order valence-electron chi connectivity index (χ0n) is 18.1. The Morgan fingerprint density at radius 3 is 2.61 bits per heavy atom. The minimum atomic E-state index is -0.992. The largest absolute Gasteiger partial charge is 0.465 e. The molecule has 2 heterocycles. The predicted octanol–water partition coefficient (Wildman–Crippen LogP) is 3.50. The molecule has 2 aromatic carbocycles. The fraction of sp³-hybridized carbons (Fsp3) is 0.375. The van der Waals surface area contributed by atoms with Crippen molar-refractivity contribution in [1.82, 2.24) is 9.55 Å². The van der Waals surface area contributed by atoms with Crippen molar-refractivity contribution in [3.05, 3.63) is 59.7 Å². The van der Waals surface area contributed by atoms with Crippen LogP contribution in [0.4, 0.5) is 5.95 Å². The van der Waals surface area contributed by atoms with E-state index in [9.17, 15) is 9.59 Å². The molecule has 1 aromatic heterocycles. The number of rotatable bonds is 7. The zero-order valence-corrected chi connectivity index (χ0v) is 18.1. The van der Waals surface area contributed by atoms with Crippen molar-refractivity contribution in [2.45, 2.75) is 26.3 Å². The van der Waals surface area contributed by atoms with Crippen LogP contribution in [-0.4, -0.2) is 48.3 Å². The molecule has 0 saturated carbocycles. The van der Waals surface area contributed by atoms with Gasteiger partial charge in [0.05, 0.1) is 23.7 Å². The third-order valence-corrected chi connectivity index (χ3v) is 5.72. The van der Waals surface area contributed by atoms with Crippen LogP contribution in [0.25, 0.3) is 11.0 Å². The van der Waals surface area contributed by atoms with Gasteiger partial charge in [0.15, 0.2) is 5.92 Å². The van der Waals surface area contributed by atoms with Crippen LogP contribution in [0.5, 0.6) is 0 Å². The highest BCUT2D eigenvalue weighted by Crippen LogP contribution is 2.42. The van der Waals surface area contributed by atoms with Gasteiger partial charge in [-0.05, 0) is 43.5 Å². The Kier molecular flexibility index (Phi) is 6.04. The Hall–Kier alpha value is -3.19. The van der Waals surface area contributed by atoms with Crippen molar-refractivity contribution in [1.29, 1.82) is 0 Å². The Labute approximate surface area is 181 Å². The number of aryl methyl sites for hydroxylation is 1. The SMILES string of the molecule is CCOC(=O)[C@H]1C(=O)N(CCCOC)c2nc3ccccc3n2[C@@H]1c1ccccc1C. The lowest BCUT2D eigenvalue weighted by molar-refractivity contribution is -0.153. The summed E-state index contributed by atoms with van der Waals surface area (Å²) >= 11 is 0. The number of nitrogens with zero attached hydrogens (tertiary/aromatic N) is 3. The first-order chi connectivity index (χ1) is 15.1. The zero-order chi connectivity index (χ0) is 22.0. The number of anilines is 1. The summed E-state index contributed by atoms with van der Waals surface area (Å²) in [6.07, 6.45) is 0.635. The number of ether oxygens (including phenoxy) is 2. The van der Waals surface area contributed by atoms with Gasteiger partial charge in [-0.2, -0.15) is 0 Å². The van der Waals surface area contributed by atoms with Crippen molar-refractivity contribution >= 4 is 28.9 Å². The first-order valence-corrected chi connectivity index (χ1v) is 10.6. The van der Waals surface area contributed by atoms with E-state index in [1.165, 1.54) is 0 Å². The van der Waals surface area contributed by atoms with E-state index in [2.05, 4.69) is 0 Å². The molecule has 7 heteroatoms. The molecule has 0 saturated heterocycles. The van der Waals surface area contributed by atoms with Gasteiger partial charge in [0, 0.05) is 20.3 Å². The molecule has 3 aromatic rings. The molecule has 0 aliphatic carbocycles. The number of imidazole rings is 1. The van der Waals surface area contributed by atoms with Crippen LogP contribution in [0.2, 0.25) is 0 Å². The van der Waals surface area contributed by atoms with Gasteiger partial charge in [0.2, 0.25) is 11.9 Å². The molecule has 0 fully saturated rings. The number of methoxy groups -OCH3 is 1. The normalized spacial score (nSPS) is 18.3. The second-order valence-corrected chi connectivity index (χ2v) is 7.64. The van der Waals surface area contributed by atoms with Crippen LogP contribution in [-0.2, 0) is 19.1 Å². The molecule has 0 spiro atoms. The second kappa shape index (κ2) is 8.89. The molecule has 1 amide bonds. The highest BCUT2D eigenvalue weighted by Gasteiger charge is 2.48. The average molecular weight is 421 g/mol. The maximum Gasteiger partial charge on any atom is 0.321 e. The number of hydrogen-bond acceptors (Lipinski definition) is 5. The van der Waals surface area contributed by atoms with Crippen molar-refractivity contribution in [2.24, 2.45) is 5.92 Å². The summed E-state index contributed by atoms with van der Waals surface area (Å²) in [6.45, 7) is 4.88. The Morgan fingerprint density at radius 1 is 1.13 bits per heavy atom. The Balaban J connectivity index is 1.96. The van der Waals surface area contributed by atoms with E-state index in [0.717, 1.165) is 22.2 Å².